The minimum absolute atomic E-state index is 0.155. The number of nitrogens with one attached hydrogen (secondary N) is 1. The quantitative estimate of drug-likeness (QED) is 0.648. The lowest BCUT2D eigenvalue weighted by molar-refractivity contribution is 0.174. The van der Waals surface area contributed by atoms with Crippen molar-refractivity contribution in [1.29, 1.82) is 0 Å². The number of ether oxygens (including phenoxy) is 2. The number of nitrogens with zero attached hydrogens (tertiary/aromatic N) is 2. The Labute approximate surface area is 175 Å². The monoisotopic (exact) mass is 425 g/mol. The van der Waals surface area contributed by atoms with Gasteiger partial charge in [0, 0.05) is 18.3 Å². The molecular weight excluding hydrogens is 402 g/mol. The number of rotatable bonds is 6. The van der Waals surface area contributed by atoms with E-state index in [-0.39, 0.29) is 24.3 Å². The van der Waals surface area contributed by atoms with Crippen LogP contribution in [0.4, 0.5) is 0 Å². The second-order valence-corrected chi connectivity index (χ2v) is 9.37. The predicted octanol–water partition coefficient (Wildman–Crippen LogP) is 3.87. The van der Waals surface area contributed by atoms with Gasteiger partial charge >= 0.3 is 0 Å². The Morgan fingerprint density at radius 2 is 1.80 bits per heavy atom. The highest BCUT2D eigenvalue weighted by Gasteiger charge is 2.27. The molecule has 156 valence electrons. The molecule has 2 aliphatic rings. The van der Waals surface area contributed by atoms with Gasteiger partial charge < -0.3 is 9.47 Å². The van der Waals surface area contributed by atoms with Gasteiger partial charge in [-0.15, -0.1) is 0 Å². The Kier molecular flexibility index (Phi) is 4.96. The van der Waals surface area contributed by atoms with Gasteiger partial charge in [-0.05, 0) is 30.5 Å². The predicted molar refractivity (Wildman–Crippen MR) is 112 cm³/mol. The molecule has 2 heterocycles. The summed E-state index contributed by atoms with van der Waals surface area (Å²) < 4.78 is 41.7. The first-order valence-electron chi connectivity index (χ1n) is 10.1. The van der Waals surface area contributed by atoms with Crippen molar-refractivity contribution in [3.63, 3.8) is 0 Å². The molecule has 1 aromatic heterocycles. The molecule has 0 saturated heterocycles. The van der Waals surface area contributed by atoms with E-state index in [0.29, 0.717) is 17.2 Å². The van der Waals surface area contributed by atoms with Gasteiger partial charge in [0.1, 0.15) is 10.6 Å². The van der Waals surface area contributed by atoms with Crippen molar-refractivity contribution in [3.05, 3.63) is 60.3 Å². The number of hydrogen-bond donors (Lipinski definition) is 1. The number of sulfonamides is 1. The van der Waals surface area contributed by atoms with Gasteiger partial charge in [0.2, 0.25) is 16.8 Å². The Morgan fingerprint density at radius 1 is 1.03 bits per heavy atom. The summed E-state index contributed by atoms with van der Waals surface area (Å²) in [5.74, 6) is 1.30. The molecule has 1 saturated carbocycles. The highest BCUT2D eigenvalue weighted by Crippen LogP contribution is 2.34. The molecule has 1 aliphatic heterocycles. The summed E-state index contributed by atoms with van der Waals surface area (Å²) in [7, 11) is -3.77. The van der Waals surface area contributed by atoms with Crippen molar-refractivity contribution in [2.24, 2.45) is 0 Å². The lowest BCUT2D eigenvalue weighted by atomic mass is 10.2. The average molecular weight is 426 g/mol. The van der Waals surface area contributed by atoms with Crippen LogP contribution in [0.3, 0.4) is 0 Å². The maximum atomic E-state index is 13.2. The fourth-order valence-corrected chi connectivity index (χ4v) is 5.20. The number of fused-ring (bicyclic) bond motifs is 1. The molecule has 30 heavy (non-hydrogen) atoms. The van der Waals surface area contributed by atoms with Crippen molar-refractivity contribution in [3.8, 4) is 22.8 Å². The fraction of sp³-hybridized carbons (Fsp3) is 0.318. The molecule has 0 atom stereocenters. The second-order valence-electron chi connectivity index (χ2n) is 7.64. The molecule has 2 aromatic carbocycles. The smallest absolute Gasteiger partial charge is 0.244 e. The Hall–Kier alpha value is -2.84. The van der Waals surface area contributed by atoms with Gasteiger partial charge in [0.25, 0.3) is 0 Å². The fourth-order valence-electron chi connectivity index (χ4n) is 4.03. The van der Waals surface area contributed by atoms with Gasteiger partial charge in [-0.3, -0.25) is 4.68 Å². The molecule has 0 amide bonds. The van der Waals surface area contributed by atoms with Crippen molar-refractivity contribution in [2.75, 3.05) is 6.79 Å². The number of hydrogen-bond acceptors (Lipinski definition) is 5. The summed E-state index contributed by atoms with van der Waals surface area (Å²) in [4.78, 5) is 0.210. The maximum Gasteiger partial charge on any atom is 0.244 e. The minimum Gasteiger partial charge on any atom is -0.454 e. The zero-order valence-corrected chi connectivity index (χ0v) is 17.3. The minimum atomic E-state index is -3.77. The van der Waals surface area contributed by atoms with E-state index >= 15 is 0 Å². The van der Waals surface area contributed by atoms with E-state index in [1.807, 2.05) is 41.1 Å². The summed E-state index contributed by atoms with van der Waals surface area (Å²) >= 11 is 0. The van der Waals surface area contributed by atoms with Crippen LogP contribution in [0.15, 0.2) is 59.6 Å². The van der Waals surface area contributed by atoms with Crippen LogP contribution in [0.1, 0.15) is 37.3 Å². The Morgan fingerprint density at radius 3 is 2.60 bits per heavy atom. The lowest BCUT2D eigenvalue weighted by Crippen LogP contribution is -2.23. The van der Waals surface area contributed by atoms with Gasteiger partial charge in [-0.2, -0.15) is 5.10 Å². The van der Waals surface area contributed by atoms with E-state index < -0.39 is 10.0 Å². The lowest BCUT2D eigenvalue weighted by Gasteiger charge is -2.08. The first-order chi connectivity index (χ1) is 14.6. The first-order valence-corrected chi connectivity index (χ1v) is 11.6. The second kappa shape index (κ2) is 7.77. The Bertz CT molecular complexity index is 1150. The maximum absolute atomic E-state index is 13.2. The third-order valence-corrected chi connectivity index (χ3v) is 7.04. The number of benzene rings is 2. The molecule has 1 aliphatic carbocycles. The van der Waals surface area contributed by atoms with Crippen LogP contribution >= 0.6 is 0 Å². The van der Waals surface area contributed by atoms with Crippen molar-refractivity contribution < 1.29 is 17.9 Å². The summed E-state index contributed by atoms with van der Waals surface area (Å²) in [5.41, 5.74) is 2.07. The third kappa shape index (κ3) is 3.68. The van der Waals surface area contributed by atoms with Crippen molar-refractivity contribution in [1.82, 2.24) is 14.5 Å². The van der Waals surface area contributed by atoms with E-state index in [9.17, 15) is 8.42 Å². The molecule has 0 bridgehead atoms. The van der Waals surface area contributed by atoms with Crippen molar-refractivity contribution in [2.45, 2.75) is 43.2 Å². The zero-order valence-electron chi connectivity index (χ0n) is 16.5. The first kappa shape index (κ1) is 19.1. The van der Waals surface area contributed by atoms with Crippen LogP contribution in [0.5, 0.6) is 11.5 Å². The van der Waals surface area contributed by atoms with Gasteiger partial charge in [-0.25, -0.2) is 13.1 Å². The SMILES string of the molecule is O=S(=O)(NCc1ccc2c(c1)OCO2)c1cn(C2CCCC2)nc1-c1ccccc1. The van der Waals surface area contributed by atoms with E-state index in [1.165, 1.54) is 0 Å². The van der Waals surface area contributed by atoms with Crippen molar-refractivity contribution >= 4 is 10.0 Å². The Balaban J connectivity index is 1.45. The zero-order chi connectivity index (χ0) is 20.6. The molecule has 5 rings (SSSR count). The summed E-state index contributed by atoms with van der Waals surface area (Å²) in [6.45, 7) is 0.340. The molecule has 3 aromatic rings. The number of aromatic nitrogens is 2. The van der Waals surface area contributed by atoms with E-state index in [0.717, 1.165) is 36.8 Å². The summed E-state index contributed by atoms with van der Waals surface area (Å²) in [5, 5.41) is 4.69. The molecule has 8 heteroatoms. The van der Waals surface area contributed by atoms with Gasteiger partial charge in [0.05, 0.1) is 6.04 Å². The highest BCUT2D eigenvalue weighted by atomic mass is 32.2. The van der Waals surface area contributed by atoms with Crippen LogP contribution < -0.4 is 14.2 Å². The molecule has 0 unspecified atom stereocenters. The molecule has 1 N–H and O–H groups in total. The summed E-state index contributed by atoms with van der Waals surface area (Å²) in [6.07, 6.45) is 6.03. The van der Waals surface area contributed by atoms with Crippen LogP contribution in [0, 0.1) is 0 Å². The van der Waals surface area contributed by atoms with Crippen LogP contribution in [-0.4, -0.2) is 25.0 Å². The van der Waals surface area contributed by atoms with Gasteiger partial charge in [0.15, 0.2) is 11.5 Å². The van der Waals surface area contributed by atoms with E-state index in [4.69, 9.17) is 14.6 Å². The molecule has 7 nitrogen and oxygen atoms in total. The van der Waals surface area contributed by atoms with Crippen LogP contribution in [0.25, 0.3) is 11.3 Å². The molecule has 0 radical (unpaired) electrons. The van der Waals surface area contributed by atoms with E-state index in [1.54, 1.807) is 18.3 Å². The van der Waals surface area contributed by atoms with Gasteiger partial charge in [-0.1, -0.05) is 49.2 Å². The van der Waals surface area contributed by atoms with E-state index in [2.05, 4.69) is 4.72 Å². The van der Waals surface area contributed by atoms with Crippen LogP contribution in [-0.2, 0) is 16.6 Å². The van der Waals surface area contributed by atoms with Crippen LogP contribution in [0.2, 0.25) is 0 Å². The molecular formula is C22H23N3O4S. The third-order valence-electron chi connectivity index (χ3n) is 5.64. The molecule has 1 fully saturated rings. The normalized spacial score (nSPS) is 16.3. The topological polar surface area (TPSA) is 82.5 Å². The highest BCUT2D eigenvalue weighted by molar-refractivity contribution is 7.89. The standard InChI is InChI=1S/C22H23N3O4S/c26-30(27,23-13-16-10-11-19-20(12-16)29-15-28-19)21-14-25(18-8-4-5-9-18)24-22(21)17-6-2-1-3-7-17/h1-3,6-7,10-12,14,18,23H,4-5,8-9,13,15H2. The molecule has 0 spiro atoms. The average Bonchev–Trinajstić information content (AvgIpc) is 3.52. The summed E-state index contributed by atoms with van der Waals surface area (Å²) in [6, 6.07) is 15.1. The largest absolute Gasteiger partial charge is 0.454 e.